The Bertz CT molecular complexity index is 1200. The molecule has 2 amide bonds. The molecule has 1 heterocycles. The molecule has 0 aliphatic carbocycles. The third-order valence-electron chi connectivity index (χ3n) is 6.54. The van der Waals surface area contributed by atoms with Gasteiger partial charge in [-0.25, -0.2) is 4.79 Å². The monoisotopic (exact) mass is 530 g/mol. The maximum Gasteiger partial charge on any atom is 0.408 e. The van der Waals surface area contributed by atoms with E-state index >= 15 is 0 Å². The van der Waals surface area contributed by atoms with Crippen molar-refractivity contribution in [3.05, 3.63) is 96.1 Å². The third kappa shape index (κ3) is 8.77. The Morgan fingerprint density at radius 1 is 0.846 bits per heavy atom. The zero-order valence-electron chi connectivity index (χ0n) is 23.0. The average Bonchev–Trinajstić information content (AvgIpc) is 2.94. The Balaban J connectivity index is 1.31. The summed E-state index contributed by atoms with van der Waals surface area (Å²) in [7, 11) is 0. The molecule has 0 radical (unpaired) electrons. The summed E-state index contributed by atoms with van der Waals surface area (Å²) in [5.41, 5.74) is 1.27. The van der Waals surface area contributed by atoms with Crippen LogP contribution < -0.4 is 14.8 Å². The van der Waals surface area contributed by atoms with Crippen LogP contribution in [-0.4, -0.2) is 48.8 Å². The van der Waals surface area contributed by atoms with Crippen LogP contribution in [0.2, 0.25) is 0 Å². The van der Waals surface area contributed by atoms with E-state index in [1.165, 1.54) is 0 Å². The van der Waals surface area contributed by atoms with Gasteiger partial charge in [-0.2, -0.15) is 0 Å². The molecule has 1 aliphatic heterocycles. The first kappa shape index (κ1) is 28.0. The molecular formula is C32H38N2O5. The van der Waals surface area contributed by atoms with E-state index in [2.05, 4.69) is 5.32 Å². The van der Waals surface area contributed by atoms with E-state index in [1.54, 1.807) is 0 Å². The molecule has 0 unspecified atom stereocenters. The minimum absolute atomic E-state index is 0.00960. The van der Waals surface area contributed by atoms with Crippen molar-refractivity contribution < 1.29 is 23.8 Å². The minimum atomic E-state index is -0.592. The SMILES string of the molecule is CC(C)(C)OC(=O)N[C@@H](c1ccccc1)c1cccc(OCC2CCN(C(=O)COc3ccccc3)CC2)c1. The lowest BCUT2D eigenvalue weighted by Crippen LogP contribution is -2.42. The summed E-state index contributed by atoms with van der Waals surface area (Å²) in [6.45, 7) is 7.55. The van der Waals surface area contributed by atoms with Crippen molar-refractivity contribution in [2.24, 2.45) is 5.92 Å². The van der Waals surface area contributed by atoms with Gasteiger partial charge < -0.3 is 24.4 Å². The number of benzene rings is 3. The predicted octanol–water partition coefficient (Wildman–Crippen LogP) is 6.00. The first-order chi connectivity index (χ1) is 18.8. The number of ether oxygens (including phenoxy) is 3. The zero-order chi connectivity index (χ0) is 27.7. The van der Waals surface area contributed by atoms with Crippen molar-refractivity contribution in [2.45, 2.75) is 45.3 Å². The Hall–Kier alpha value is -4.00. The summed E-state index contributed by atoms with van der Waals surface area (Å²) < 4.78 is 17.3. The van der Waals surface area contributed by atoms with Crippen molar-refractivity contribution in [3.8, 4) is 11.5 Å². The molecule has 4 rings (SSSR count). The molecule has 3 aromatic rings. The zero-order valence-corrected chi connectivity index (χ0v) is 23.0. The topological polar surface area (TPSA) is 77.1 Å². The van der Waals surface area contributed by atoms with Crippen molar-refractivity contribution in [1.29, 1.82) is 0 Å². The van der Waals surface area contributed by atoms with Crippen molar-refractivity contribution in [3.63, 3.8) is 0 Å². The van der Waals surface area contributed by atoms with E-state index in [9.17, 15) is 9.59 Å². The second kappa shape index (κ2) is 13.2. The molecule has 1 aliphatic rings. The number of carbonyl (C=O) groups excluding carboxylic acids is 2. The molecule has 1 atom stereocenters. The largest absolute Gasteiger partial charge is 0.493 e. The number of likely N-dealkylation sites (tertiary alicyclic amines) is 1. The Kier molecular flexibility index (Phi) is 9.47. The second-order valence-corrected chi connectivity index (χ2v) is 10.8. The molecule has 39 heavy (non-hydrogen) atoms. The van der Waals surface area contributed by atoms with Crippen LogP contribution in [0.4, 0.5) is 4.79 Å². The first-order valence-corrected chi connectivity index (χ1v) is 13.5. The summed E-state index contributed by atoms with van der Waals surface area (Å²) in [6.07, 6.45) is 1.28. The number of carbonyl (C=O) groups is 2. The van der Waals surface area contributed by atoms with Crippen LogP contribution in [0.5, 0.6) is 11.5 Å². The highest BCUT2D eigenvalue weighted by Crippen LogP contribution is 2.27. The van der Waals surface area contributed by atoms with Gasteiger partial charge in [0.2, 0.25) is 0 Å². The Morgan fingerprint density at radius 2 is 1.46 bits per heavy atom. The van der Waals surface area contributed by atoms with Gasteiger partial charge in [-0.05, 0) is 74.9 Å². The molecular weight excluding hydrogens is 492 g/mol. The first-order valence-electron chi connectivity index (χ1n) is 13.5. The molecule has 0 spiro atoms. The maximum absolute atomic E-state index is 12.6. The molecule has 206 valence electrons. The van der Waals surface area contributed by atoms with E-state index in [-0.39, 0.29) is 18.6 Å². The summed E-state index contributed by atoms with van der Waals surface area (Å²) >= 11 is 0. The molecule has 0 aromatic heterocycles. The standard InChI is InChI=1S/C32H38N2O5/c1-32(2,3)39-31(36)33-30(25-11-6-4-7-12-25)26-13-10-16-28(21-26)37-22-24-17-19-34(20-18-24)29(35)23-38-27-14-8-5-9-15-27/h4-16,21,24,30H,17-20,22-23H2,1-3H3,(H,33,36)/t30-/m0/s1. The highest BCUT2D eigenvalue weighted by Gasteiger charge is 2.25. The van der Waals surface area contributed by atoms with Crippen LogP contribution in [0.3, 0.4) is 0 Å². The normalized spacial score (nSPS) is 14.8. The lowest BCUT2D eigenvalue weighted by molar-refractivity contribution is -0.134. The predicted molar refractivity (Wildman–Crippen MR) is 151 cm³/mol. The fourth-order valence-corrected chi connectivity index (χ4v) is 4.53. The van der Waals surface area contributed by atoms with E-state index in [0.29, 0.717) is 31.4 Å². The van der Waals surface area contributed by atoms with Gasteiger partial charge in [-0.3, -0.25) is 4.79 Å². The third-order valence-corrected chi connectivity index (χ3v) is 6.54. The quantitative estimate of drug-likeness (QED) is 0.367. The maximum atomic E-state index is 12.6. The number of hydrogen-bond donors (Lipinski definition) is 1. The molecule has 0 saturated carbocycles. The van der Waals surface area contributed by atoms with Crippen molar-refractivity contribution in [2.75, 3.05) is 26.3 Å². The summed E-state index contributed by atoms with van der Waals surface area (Å²) in [6, 6.07) is 26.6. The van der Waals surface area contributed by atoms with Crippen molar-refractivity contribution in [1.82, 2.24) is 10.2 Å². The Morgan fingerprint density at radius 3 is 2.13 bits per heavy atom. The van der Waals surface area contributed by atoms with E-state index in [1.807, 2.05) is 111 Å². The van der Waals surface area contributed by atoms with Gasteiger partial charge in [0.05, 0.1) is 12.6 Å². The lowest BCUT2D eigenvalue weighted by Gasteiger charge is -2.32. The van der Waals surface area contributed by atoms with Gasteiger partial charge in [0.25, 0.3) is 5.91 Å². The number of para-hydroxylation sites is 1. The summed E-state index contributed by atoms with van der Waals surface area (Å²) in [5, 5.41) is 3.01. The number of hydrogen-bond acceptors (Lipinski definition) is 5. The fourth-order valence-electron chi connectivity index (χ4n) is 4.53. The summed E-state index contributed by atoms with van der Waals surface area (Å²) in [4.78, 5) is 27.0. The average molecular weight is 531 g/mol. The van der Waals surface area contributed by atoms with Gasteiger partial charge in [-0.15, -0.1) is 0 Å². The molecule has 1 N–H and O–H groups in total. The van der Waals surface area contributed by atoms with E-state index in [4.69, 9.17) is 14.2 Å². The number of amides is 2. The smallest absolute Gasteiger partial charge is 0.408 e. The van der Waals surface area contributed by atoms with Gasteiger partial charge in [-0.1, -0.05) is 60.7 Å². The Labute approximate surface area is 231 Å². The van der Waals surface area contributed by atoms with Gasteiger partial charge in [0.15, 0.2) is 6.61 Å². The van der Waals surface area contributed by atoms with Crippen LogP contribution >= 0.6 is 0 Å². The number of rotatable bonds is 9. The van der Waals surface area contributed by atoms with E-state index in [0.717, 1.165) is 29.7 Å². The van der Waals surface area contributed by atoms with Gasteiger partial charge in [0.1, 0.15) is 17.1 Å². The van der Waals surface area contributed by atoms with Crippen LogP contribution in [0, 0.1) is 5.92 Å². The molecule has 7 nitrogen and oxygen atoms in total. The van der Waals surface area contributed by atoms with Crippen LogP contribution in [0.15, 0.2) is 84.9 Å². The number of nitrogens with zero attached hydrogens (tertiary/aromatic N) is 1. The van der Waals surface area contributed by atoms with Gasteiger partial charge >= 0.3 is 6.09 Å². The molecule has 0 bridgehead atoms. The van der Waals surface area contributed by atoms with Gasteiger partial charge in [0, 0.05) is 13.1 Å². The number of alkyl carbamates (subject to hydrolysis) is 1. The molecule has 1 fully saturated rings. The molecule has 3 aromatic carbocycles. The highest BCUT2D eigenvalue weighted by atomic mass is 16.6. The van der Waals surface area contributed by atoms with Crippen molar-refractivity contribution >= 4 is 12.0 Å². The molecule has 7 heteroatoms. The fraction of sp³-hybridized carbons (Fsp3) is 0.375. The minimum Gasteiger partial charge on any atom is -0.493 e. The van der Waals surface area contributed by atoms with Crippen LogP contribution in [-0.2, 0) is 9.53 Å². The second-order valence-electron chi connectivity index (χ2n) is 10.8. The van der Waals surface area contributed by atoms with E-state index < -0.39 is 11.7 Å². The summed E-state index contributed by atoms with van der Waals surface area (Å²) in [5.74, 6) is 1.81. The van der Waals surface area contributed by atoms with Crippen LogP contribution in [0.1, 0.15) is 50.8 Å². The highest BCUT2D eigenvalue weighted by molar-refractivity contribution is 5.77. The number of nitrogens with one attached hydrogen (secondary N) is 1. The number of piperidine rings is 1. The molecule has 1 saturated heterocycles. The lowest BCUT2D eigenvalue weighted by atomic mass is 9.97. The van der Waals surface area contributed by atoms with Crippen LogP contribution in [0.25, 0.3) is 0 Å².